The van der Waals surface area contributed by atoms with Gasteiger partial charge in [-0.15, -0.1) is 0 Å². The van der Waals surface area contributed by atoms with Crippen molar-refractivity contribution in [2.24, 2.45) is 0 Å². The molecular formula is C13H12BrO4-. The van der Waals surface area contributed by atoms with Gasteiger partial charge in [-0.2, -0.15) is 0 Å². The normalized spacial score (nSPS) is 11.7. The van der Waals surface area contributed by atoms with E-state index in [1.165, 1.54) is 6.92 Å². The van der Waals surface area contributed by atoms with Gasteiger partial charge >= 0.3 is 5.97 Å². The molecule has 4 nitrogen and oxygen atoms in total. The predicted octanol–water partition coefficient (Wildman–Crippen LogP) is 1.67. The first-order valence-corrected chi connectivity index (χ1v) is 6.12. The molecule has 0 aromatic heterocycles. The number of rotatable bonds is 4. The van der Waals surface area contributed by atoms with Crippen molar-refractivity contribution in [1.82, 2.24) is 0 Å². The van der Waals surface area contributed by atoms with Crippen LogP contribution in [0.25, 0.3) is 5.76 Å². The number of esters is 1. The Morgan fingerprint density at radius 1 is 1.28 bits per heavy atom. The first-order chi connectivity index (χ1) is 8.47. The molecule has 0 unspecified atom stereocenters. The molecule has 0 saturated carbocycles. The highest BCUT2D eigenvalue weighted by Gasteiger charge is 2.17. The molecule has 0 aliphatic heterocycles. The molecule has 0 amide bonds. The lowest BCUT2D eigenvalue weighted by molar-refractivity contribution is -0.244. The number of carbonyl (C=O) groups is 2. The quantitative estimate of drug-likeness (QED) is 0.367. The Hall–Kier alpha value is -1.62. The number of carbonyl (C=O) groups excluding carboxylic acids is 2. The molecule has 0 spiro atoms. The average Bonchev–Trinajstić information content (AvgIpc) is 2.37. The van der Waals surface area contributed by atoms with Gasteiger partial charge in [0, 0.05) is 4.47 Å². The van der Waals surface area contributed by atoms with Crippen molar-refractivity contribution < 1.29 is 19.4 Å². The minimum atomic E-state index is -1.000. The summed E-state index contributed by atoms with van der Waals surface area (Å²) in [6.45, 7) is 3.02. The highest BCUT2D eigenvalue weighted by atomic mass is 79.9. The van der Waals surface area contributed by atoms with Crippen molar-refractivity contribution in [2.45, 2.75) is 13.8 Å². The van der Waals surface area contributed by atoms with E-state index in [1.54, 1.807) is 31.2 Å². The Bertz CT molecular complexity index is 488. The number of hydrogen-bond acceptors (Lipinski definition) is 4. The van der Waals surface area contributed by atoms with Crippen molar-refractivity contribution in [3.63, 3.8) is 0 Å². The molecule has 1 aromatic rings. The lowest BCUT2D eigenvalue weighted by atomic mass is 10.1. The Morgan fingerprint density at radius 2 is 1.83 bits per heavy atom. The molecule has 0 radical (unpaired) electrons. The number of hydrogen-bond donors (Lipinski definition) is 0. The maximum absolute atomic E-state index is 11.9. The van der Waals surface area contributed by atoms with Crippen LogP contribution in [0.2, 0.25) is 0 Å². The van der Waals surface area contributed by atoms with Gasteiger partial charge in [0.25, 0.3) is 5.78 Å². The van der Waals surface area contributed by atoms with Crippen LogP contribution >= 0.6 is 15.9 Å². The molecule has 1 rings (SSSR count). The molecule has 0 bridgehead atoms. The first kappa shape index (κ1) is 14.4. The third-order valence-corrected chi connectivity index (χ3v) is 2.78. The van der Waals surface area contributed by atoms with Gasteiger partial charge < -0.3 is 9.84 Å². The maximum Gasteiger partial charge on any atom is 0.379 e. The number of halogens is 1. The van der Waals surface area contributed by atoms with Gasteiger partial charge in [0.15, 0.2) is 0 Å². The van der Waals surface area contributed by atoms with E-state index in [4.69, 9.17) is 0 Å². The molecule has 1 aromatic carbocycles. The summed E-state index contributed by atoms with van der Waals surface area (Å²) in [6, 6.07) is 6.54. The van der Waals surface area contributed by atoms with E-state index < -0.39 is 17.5 Å². The molecule has 0 heterocycles. The smallest absolute Gasteiger partial charge is 0.379 e. The molecule has 0 N–H and O–H groups in total. The topological polar surface area (TPSA) is 66.4 Å². The van der Waals surface area contributed by atoms with Crippen LogP contribution < -0.4 is 5.11 Å². The summed E-state index contributed by atoms with van der Waals surface area (Å²) < 4.78 is 5.39. The third-order valence-electron chi connectivity index (χ3n) is 2.25. The fourth-order valence-electron chi connectivity index (χ4n) is 1.27. The van der Waals surface area contributed by atoms with E-state index in [0.717, 1.165) is 4.47 Å². The van der Waals surface area contributed by atoms with E-state index in [-0.39, 0.29) is 12.2 Å². The van der Waals surface area contributed by atoms with E-state index in [9.17, 15) is 14.7 Å². The van der Waals surface area contributed by atoms with Crippen LogP contribution in [-0.2, 0) is 14.3 Å². The zero-order valence-electron chi connectivity index (χ0n) is 10.0. The zero-order valence-corrected chi connectivity index (χ0v) is 11.6. The van der Waals surface area contributed by atoms with Crippen LogP contribution in [0.3, 0.4) is 0 Å². The Labute approximate surface area is 113 Å². The largest absolute Gasteiger partial charge is 0.872 e. The standard InChI is InChI=1S/C13H13BrO4/c1-3-18-13(17)12(16)8(2)11(15)9-4-6-10(14)7-5-9/h4-7,15H,3H2,1-2H3/p-1/b11-8-. The fraction of sp³-hybridized carbons (Fsp3) is 0.231. The Balaban J connectivity index is 3.01. The van der Waals surface area contributed by atoms with Crippen LogP contribution in [0.15, 0.2) is 34.3 Å². The molecule has 18 heavy (non-hydrogen) atoms. The highest BCUT2D eigenvalue weighted by Crippen LogP contribution is 2.17. The van der Waals surface area contributed by atoms with Crippen molar-refractivity contribution >= 4 is 33.4 Å². The average molecular weight is 312 g/mol. The Kier molecular flexibility index (Phi) is 5.09. The van der Waals surface area contributed by atoms with Gasteiger partial charge in [-0.1, -0.05) is 33.8 Å². The SMILES string of the molecule is CCOC(=O)C(=O)/C(C)=C(\[O-])c1ccc(Br)cc1. The number of ketones is 1. The number of ether oxygens (including phenoxy) is 1. The van der Waals surface area contributed by atoms with Gasteiger partial charge in [0.2, 0.25) is 0 Å². The second-order valence-electron chi connectivity index (χ2n) is 3.51. The van der Waals surface area contributed by atoms with E-state index in [1.807, 2.05) is 0 Å². The molecule has 0 saturated heterocycles. The van der Waals surface area contributed by atoms with Crippen molar-refractivity contribution in [2.75, 3.05) is 6.61 Å². The fourth-order valence-corrected chi connectivity index (χ4v) is 1.53. The minimum Gasteiger partial charge on any atom is -0.872 e. The second-order valence-corrected chi connectivity index (χ2v) is 4.43. The molecule has 0 fully saturated rings. The first-order valence-electron chi connectivity index (χ1n) is 5.32. The van der Waals surface area contributed by atoms with Gasteiger partial charge in [0.1, 0.15) is 0 Å². The monoisotopic (exact) mass is 311 g/mol. The summed E-state index contributed by atoms with van der Waals surface area (Å²) in [5.74, 6) is -2.37. The van der Waals surface area contributed by atoms with Crippen LogP contribution in [-0.4, -0.2) is 18.4 Å². The minimum absolute atomic E-state index is 0.102. The van der Waals surface area contributed by atoms with Crippen LogP contribution in [0, 0.1) is 0 Å². The number of Topliss-reactive ketones (excluding diaryl/α,β-unsaturated/α-hetero) is 1. The van der Waals surface area contributed by atoms with Crippen molar-refractivity contribution in [1.29, 1.82) is 0 Å². The van der Waals surface area contributed by atoms with Crippen molar-refractivity contribution in [3.8, 4) is 0 Å². The number of benzene rings is 1. The van der Waals surface area contributed by atoms with Crippen LogP contribution in [0.5, 0.6) is 0 Å². The van der Waals surface area contributed by atoms with E-state index >= 15 is 0 Å². The van der Waals surface area contributed by atoms with Gasteiger partial charge in [-0.3, -0.25) is 4.79 Å². The second kappa shape index (κ2) is 6.35. The summed E-state index contributed by atoms with van der Waals surface area (Å²) in [6.07, 6.45) is 0. The van der Waals surface area contributed by atoms with Crippen molar-refractivity contribution in [3.05, 3.63) is 39.9 Å². The lowest BCUT2D eigenvalue weighted by Crippen LogP contribution is -2.21. The van der Waals surface area contributed by atoms with Gasteiger partial charge in [-0.25, -0.2) is 4.79 Å². The maximum atomic E-state index is 11.9. The van der Waals surface area contributed by atoms with Gasteiger partial charge in [-0.05, 0) is 37.1 Å². The summed E-state index contributed by atoms with van der Waals surface area (Å²) in [4.78, 5) is 22.8. The van der Waals surface area contributed by atoms with E-state index in [2.05, 4.69) is 20.7 Å². The Morgan fingerprint density at radius 3 is 2.33 bits per heavy atom. The summed E-state index contributed by atoms with van der Waals surface area (Å²) in [7, 11) is 0. The molecule has 0 atom stereocenters. The summed E-state index contributed by atoms with van der Waals surface area (Å²) >= 11 is 3.25. The predicted molar refractivity (Wildman–Crippen MR) is 68.4 cm³/mol. The molecular weight excluding hydrogens is 300 g/mol. The molecule has 0 aliphatic rings. The summed E-state index contributed by atoms with van der Waals surface area (Å²) in [5, 5.41) is 11.9. The van der Waals surface area contributed by atoms with Crippen LogP contribution in [0.1, 0.15) is 19.4 Å². The molecule has 96 valence electrons. The highest BCUT2D eigenvalue weighted by molar-refractivity contribution is 9.10. The van der Waals surface area contributed by atoms with Crippen LogP contribution in [0.4, 0.5) is 0 Å². The van der Waals surface area contributed by atoms with Gasteiger partial charge in [0.05, 0.1) is 6.61 Å². The zero-order chi connectivity index (χ0) is 13.7. The molecule has 5 heteroatoms. The lowest BCUT2D eigenvalue weighted by Gasteiger charge is -2.16. The summed E-state index contributed by atoms with van der Waals surface area (Å²) in [5.41, 5.74) is 0.212. The third kappa shape index (κ3) is 3.43. The van der Waals surface area contributed by atoms with E-state index in [0.29, 0.717) is 5.56 Å². The molecule has 0 aliphatic carbocycles.